The van der Waals surface area contributed by atoms with Gasteiger partial charge in [-0.25, -0.2) is 0 Å². The lowest BCUT2D eigenvalue weighted by molar-refractivity contribution is -0.132. The van der Waals surface area contributed by atoms with Crippen LogP contribution in [0.1, 0.15) is 43.7 Å². The highest BCUT2D eigenvalue weighted by atomic mass is 127. The molecule has 1 saturated heterocycles. The van der Waals surface area contributed by atoms with Gasteiger partial charge in [-0.05, 0) is 43.7 Å². The summed E-state index contributed by atoms with van der Waals surface area (Å²) in [5, 5.41) is 9.52. The molecule has 0 bridgehead atoms. The number of hydrogen-bond acceptors (Lipinski definition) is 4. The largest absolute Gasteiger partial charge is 0.358 e. The zero-order valence-corrected chi connectivity index (χ0v) is 22.3. The molecule has 33 heavy (non-hydrogen) atoms. The Morgan fingerprint density at radius 2 is 1.85 bits per heavy atom. The molecule has 3 N–H and O–H groups in total. The molecule has 2 aliphatic heterocycles. The second kappa shape index (κ2) is 14.4. The number of piperidine rings is 1. The maximum absolute atomic E-state index is 12.6. The van der Waals surface area contributed by atoms with Crippen molar-refractivity contribution in [2.75, 3.05) is 46.3 Å². The molecule has 2 heterocycles. The lowest BCUT2D eigenvalue weighted by Crippen LogP contribution is -2.50. The van der Waals surface area contributed by atoms with Crippen LogP contribution in [0.15, 0.2) is 29.3 Å². The van der Waals surface area contributed by atoms with E-state index in [1.807, 2.05) is 11.0 Å². The summed E-state index contributed by atoms with van der Waals surface area (Å²) >= 11 is 0. The van der Waals surface area contributed by atoms with Crippen LogP contribution >= 0.6 is 24.0 Å². The highest BCUT2D eigenvalue weighted by molar-refractivity contribution is 14.0. The van der Waals surface area contributed by atoms with Gasteiger partial charge in [-0.3, -0.25) is 19.5 Å². The molecule has 3 rings (SSSR count). The van der Waals surface area contributed by atoms with Crippen LogP contribution in [0.2, 0.25) is 0 Å². The third-order valence-electron chi connectivity index (χ3n) is 6.22. The van der Waals surface area contributed by atoms with Crippen LogP contribution in [0.4, 0.5) is 0 Å². The molecule has 0 aliphatic carbocycles. The molecule has 0 spiro atoms. The van der Waals surface area contributed by atoms with Crippen LogP contribution in [0.25, 0.3) is 0 Å². The van der Waals surface area contributed by atoms with Gasteiger partial charge in [-0.2, -0.15) is 0 Å². The van der Waals surface area contributed by atoms with Gasteiger partial charge in [0, 0.05) is 58.8 Å². The predicted octanol–water partition coefficient (Wildman–Crippen LogP) is 1.74. The number of likely N-dealkylation sites (N-methyl/N-ethyl adjacent to an activating group) is 1. The Morgan fingerprint density at radius 1 is 1.12 bits per heavy atom. The molecule has 0 aromatic heterocycles. The highest BCUT2D eigenvalue weighted by Crippen LogP contribution is 2.19. The van der Waals surface area contributed by atoms with E-state index in [4.69, 9.17) is 0 Å². The Hall–Kier alpha value is -1.88. The van der Waals surface area contributed by atoms with E-state index in [1.54, 1.807) is 7.05 Å². The Bertz CT molecular complexity index is 795. The van der Waals surface area contributed by atoms with Gasteiger partial charge in [-0.15, -0.1) is 24.0 Å². The van der Waals surface area contributed by atoms with E-state index >= 15 is 0 Å². The SMILES string of the molecule is CCNC(=NCCCC(=O)N1CCc2ccccc2C1)NC1CCN(CC(=O)NC)CC1.I. The predicted molar refractivity (Wildman–Crippen MR) is 143 cm³/mol. The summed E-state index contributed by atoms with van der Waals surface area (Å²) in [6.07, 6.45) is 4.18. The minimum Gasteiger partial charge on any atom is -0.358 e. The molecule has 9 heteroatoms. The van der Waals surface area contributed by atoms with Crippen molar-refractivity contribution in [1.29, 1.82) is 0 Å². The highest BCUT2D eigenvalue weighted by Gasteiger charge is 2.22. The van der Waals surface area contributed by atoms with Crippen molar-refractivity contribution in [3.63, 3.8) is 0 Å². The number of carbonyl (C=O) groups excluding carboxylic acids is 2. The molecule has 0 unspecified atom stereocenters. The minimum atomic E-state index is 0. The zero-order chi connectivity index (χ0) is 22.8. The summed E-state index contributed by atoms with van der Waals surface area (Å²) in [6, 6.07) is 8.74. The number of benzene rings is 1. The van der Waals surface area contributed by atoms with E-state index in [9.17, 15) is 9.59 Å². The molecule has 1 aromatic carbocycles. The standard InChI is InChI=1S/C24H38N6O2.HI/c1-3-26-24(28-21-11-14-29(15-12-21)18-22(31)25-2)27-13-6-9-23(32)30-16-10-19-7-4-5-8-20(19)17-30;/h4-5,7-8,21H,3,6,9-18H2,1-2H3,(H,25,31)(H2,26,27,28);1H. The minimum absolute atomic E-state index is 0. The summed E-state index contributed by atoms with van der Waals surface area (Å²) < 4.78 is 0. The van der Waals surface area contributed by atoms with Gasteiger partial charge in [0.1, 0.15) is 0 Å². The summed E-state index contributed by atoms with van der Waals surface area (Å²) in [6.45, 7) is 7.28. The summed E-state index contributed by atoms with van der Waals surface area (Å²) in [4.78, 5) is 33.0. The molecular weight excluding hydrogens is 531 g/mol. The van der Waals surface area contributed by atoms with E-state index in [0.29, 0.717) is 25.6 Å². The molecule has 2 amide bonds. The first-order valence-corrected chi connectivity index (χ1v) is 11.9. The summed E-state index contributed by atoms with van der Waals surface area (Å²) in [7, 11) is 1.68. The topological polar surface area (TPSA) is 89.1 Å². The van der Waals surface area contributed by atoms with Gasteiger partial charge in [0.15, 0.2) is 5.96 Å². The van der Waals surface area contributed by atoms with Gasteiger partial charge in [-0.1, -0.05) is 24.3 Å². The van der Waals surface area contributed by atoms with E-state index in [-0.39, 0.29) is 35.8 Å². The Balaban J connectivity index is 0.00000385. The van der Waals surface area contributed by atoms with Crippen molar-refractivity contribution in [3.8, 4) is 0 Å². The number of nitrogens with zero attached hydrogens (tertiary/aromatic N) is 3. The first kappa shape index (κ1) is 27.4. The van der Waals surface area contributed by atoms with Crippen molar-refractivity contribution in [1.82, 2.24) is 25.8 Å². The maximum Gasteiger partial charge on any atom is 0.233 e. The maximum atomic E-state index is 12.6. The normalized spacial score (nSPS) is 17.0. The van der Waals surface area contributed by atoms with E-state index in [0.717, 1.165) is 64.4 Å². The number of aliphatic imine (C=N–C) groups is 1. The van der Waals surface area contributed by atoms with Crippen LogP contribution in [0.5, 0.6) is 0 Å². The third kappa shape index (κ3) is 8.77. The molecule has 8 nitrogen and oxygen atoms in total. The number of carbonyl (C=O) groups is 2. The number of likely N-dealkylation sites (tertiary alicyclic amines) is 1. The number of halogens is 1. The van der Waals surface area contributed by atoms with Gasteiger partial charge in [0.25, 0.3) is 0 Å². The number of fused-ring (bicyclic) bond motifs is 1. The van der Waals surface area contributed by atoms with Crippen LogP contribution in [-0.2, 0) is 22.6 Å². The van der Waals surface area contributed by atoms with Crippen LogP contribution in [0.3, 0.4) is 0 Å². The zero-order valence-electron chi connectivity index (χ0n) is 19.9. The second-order valence-corrected chi connectivity index (χ2v) is 8.57. The monoisotopic (exact) mass is 570 g/mol. The molecule has 0 saturated carbocycles. The molecule has 0 radical (unpaired) electrons. The first-order chi connectivity index (χ1) is 15.6. The smallest absolute Gasteiger partial charge is 0.233 e. The number of nitrogens with one attached hydrogen (secondary N) is 3. The summed E-state index contributed by atoms with van der Waals surface area (Å²) in [5.74, 6) is 1.10. The lowest BCUT2D eigenvalue weighted by atomic mass is 9.99. The Morgan fingerprint density at radius 3 is 2.55 bits per heavy atom. The molecule has 184 valence electrons. The summed E-state index contributed by atoms with van der Waals surface area (Å²) in [5.41, 5.74) is 2.63. The molecular formula is C24H39IN6O2. The van der Waals surface area contributed by atoms with Crippen molar-refractivity contribution in [2.45, 2.75) is 51.6 Å². The Labute approximate surface area is 215 Å². The van der Waals surface area contributed by atoms with Crippen molar-refractivity contribution >= 4 is 41.8 Å². The van der Waals surface area contributed by atoms with Gasteiger partial charge < -0.3 is 20.9 Å². The Kier molecular flexibility index (Phi) is 11.9. The van der Waals surface area contributed by atoms with E-state index < -0.39 is 0 Å². The number of rotatable bonds is 8. The van der Waals surface area contributed by atoms with Crippen LogP contribution in [0, 0.1) is 0 Å². The fourth-order valence-electron chi connectivity index (χ4n) is 4.32. The second-order valence-electron chi connectivity index (χ2n) is 8.57. The number of amides is 2. The van der Waals surface area contributed by atoms with E-state index in [2.05, 4.69) is 51.0 Å². The quantitative estimate of drug-likeness (QED) is 0.192. The molecule has 0 atom stereocenters. The van der Waals surface area contributed by atoms with Gasteiger partial charge in [0.2, 0.25) is 11.8 Å². The van der Waals surface area contributed by atoms with Gasteiger partial charge in [0.05, 0.1) is 6.54 Å². The fourth-order valence-corrected chi connectivity index (χ4v) is 4.32. The van der Waals surface area contributed by atoms with Gasteiger partial charge >= 0.3 is 0 Å². The lowest BCUT2D eigenvalue weighted by Gasteiger charge is -2.32. The van der Waals surface area contributed by atoms with Crippen molar-refractivity contribution in [2.24, 2.45) is 4.99 Å². The van der Waals surface area contributed by atoms with Crippen molar-refractivity contribution < 1.29 is 9.59 Å². The number of hydrogen-bond donors (Lipinski definition) is 3. The van der Waals surface area contributed by atoms with Crippen LogP contribution in [-0.4, -0.2) is 79.9 Å². The average Bonchev–Trinajstić information content (AvgIpc) is 2.82. The molecule has 1 fully saturated rings. The molecule has 2 aliphatic rings. The molecule has 1 aromatic rings. The van der Waals surface area contributed by atoms with Crippen molar-refractivity contribution in [3.05, 3.63) is 35.4 Å². The average molecular weight is 571 g/mol. The van der Waals surface area contributed by atoms with Crippen LogP contribution < -0.4 is 16.0 Å². The third-order valence-corrected chi connectivity index (χ3v) is 6.22. The number of guanidine groups is 1. The fraction of sp³-hybridized carbons (Fsp3) is 0.625. The van der Waals surface area contributed by atoms with E-state index in [1.165, 1.54) is 11.1 Å². The first-order valence-electron chi connectivity index (χ1n) is 11.9.